The zero-order chi connectivity index (χ0) is 37.9. The summed E-state index contributed by atoms with van der Waals surface area (Å²) in [4.78, 5) is 10.4. The summed E-state index contributed by atoms with van der Waals surface area (Å²) < 4.78 is 6.13. The Morgan fingerprint density at radius 3 is 1.67 bits per heavy atom. The summed E-state index contributed by atoms with van der Waals surface area (Å²) in [6.45, 7) is 2.37. The van der Waals surface area contributed by atoms with Crippen LogP contribution in [0.4, 0.5) is 0 Å². The predicted molar refractivity (Wildman–Crippen MR) is 234 cm³/mol. The summed E-state index contributed by atoms with van der Waals surface area (Å²) >= 11 is 0. The van der Waals surface area contributed by atoms with Crippen molar-refractivity contribution in [1.29, 1.82) is 0 Å². The van der Waals surface area contributed by atoms with Gasteiger partial charge in [0, 0.05) is 32.9 Å². The zero-order valence-corrected chi connectivity index (χ0v) is 31.4. The molecule has 11 rings (SSSR count). The van der Waals surface area contributed by atoms with Crippen LogP contribution in [0.3, 0.4) is 0 Å². The van der Waals surface area contributed by atoms with Gasteiger partial charge in [0.15, 0.2) is 5.82 Å². The first-order chi connectivity index (χ1) is 28.1. The van der Waals surface area contributed by atoms with Gasteiger partial charge in [0.2, 0.25) is 0 Å². The molecule has 0 spiro atoms. The molecule has 1 aliphatic carbocycles. The van der Waals surface area contributed by atoms with Crippen molar-refractivity contribution in [3.05, 3.63) is 217 Å². The van der Waals surface area contributed by atoms with Gasteiger partial charge in [-0.1, -0.05) is 158 Å². The van der Waals surface area contributed by atoms with Crippen LogP contribution in [0.1, 0.15) is 23.6 Å². The molecular formula is C54H36N2O. The maximum atomic E-state index is 6.13. The van der Waals surface area contributed by atoms with E-state index in [-0.39, 0.29) is 5.41 Å². The highest BCUT2D eigenvalue weighted by Gasteiger charge is 2.40. The molecule has 0 fully saturated rings. The number of hydrogen-bond donors (Lipinski definition) is 0. The van der Waals surface area contributed by atoms with Crippen LogP contribution in [-0.4, -0.2) is 9.97 Å². The Balaban J connectivity index is 1.01. The second-order valence-electron chi connectivity index (χ2n) is 15.1. The lowest BCUT2D eigenvalue weighted by molar-refractivity contribution is 0.669. The van der Waals surface area contributed by atoms with Crippen molar-refractivity contribution in [2.24, 2.45) is 0 Å². The van der Waals surface area contributed by atoms with E-state index in [1.807, 2.05) is 30.3 Å². The fourth-order valence-electron chi connectivity index (χ4n) is 8.84. The van der Waals surface area contributed by atoms with E-state index >= 15 is 0 Å². The number of furan rings is 1. The van der Waals surface area contributed by atoms with Crippen molar-refractivity contribution in [2.45, 2.75) is 12.3 Å². The number of rotatable bonds is 6. The highest BCUT2D eigenvalue weighted by Crippen LogP contribution is 2.53. The molecule has 268 valence electrons. The minimum Gasteiger partial charge on any atom is -0.456 e. The fraction of sp³-hybridized carbons (Fsp3) is 0.0370. The van der Waals surface area contributed by atoms with Crippen LogP contribution in [0.5, 0.6) is 0 Å². The fourth-order valence-corrected chi connectivity index (χ4v) is 8.84. The molecule has 0 amide bonds. The molecule has 57 heavy (non-hydrogen) atoms. The molecule has 3 nitrogen and oxygen atoms in total. The van der Waals surface area contributed by atoms with Crippen LogP contribution in [0.25, 0.3) is 89.2 Å². The lowest BCUT2D eigenvalue weighted by atomic mass is 9.74. The van der Waals surface area contributed by atoms with Crippen molar-refractivity contribution in [3.63, 3.8) is 0 Å². The van der Waals surface area contributed by atoms with E-state index < -0.39 is 0 Å². The van der Waals surface area contributed by atoms with Gasteiger partial charge < -0.3 is 4.42 Å². The summed E-state index contributed by atoms with van der Waals surface area (Å²) in [5.41, 5.74) is 17.5. The highest BCUT2D eigenvalue weighted by molar-refractivity contribution is 6.06. The predicted octanol–water partition coefficient (Wildman–Crippen LogP) is 14.0. The van der Waals surface area contributed by atoms with Crippen molar-refractivity contribution in [1.82, 2.24) is 9.97 Å². The summed E-state index contributed by atoms with van der Waals surface area (Å²) in [6.07, 6.45) is 0. The zero-order valence-electron chi connectivity index (χ0n) is 31.4. The van der Waals surface area contributed by atoms with E-state index in [0.717, 1.165) is 66.7 Å². The maximum absolute atomic E-state index is 6.13. The largest absolute Gasteiger partial charge is 0.456 e. The van der Waals surface area contributed by atoms with Gasteiger partial charge in [-0.2, -0.15) is 0 Å². The second kappa shape index (κ2) is 13.1. The van der Waals surface area contributed by atoms with Crippen molar-refractivity contribution >= 4 is 21.9 Å². The Kier molecular flexibility index (Phi) is 7.61. The highest BCUT2D eigenvalue weighted by atomic mass is 16.3. The molecule has 0 bridgehead atoms. The molecule has 3 heteroatoms. The van der Waals surface area contributed by atoms with Crippen LogP contribution in [0.15, 0.2) is 205 Å². The number of fused-ring (bicyclic) bond motifs is 6. The van der Waals surface area contributed by atoms with E-state index in [1.54, 1.807) is 0 Å². The first-order valence-electron chi connectivity index (χ1n) is 19.5. The number of benzene rings is 8. The van der Waals surface area contributed by atoms with Gasteiger partial charge >= 0.3 is 0 Å². The van der Waals surface area contributed by atoms with Crippen molar-refractivity contribution in [2.75, 3.05) is 0 Å². The first-order valence-corrected chi connectivity index (χ1v) is 19.5. The lowest BCUT2D eigenvalue weighted by Gasteiger charge is -2.28. The minimum absolute atomic E-state index is 0.264. The summed E-state index contributed by atoms with van der Waals surface area (Å²) in [6, 6.07) is 71.2. The molecular weight excluding hydrogens is 693 g/mol. The number of nitrogens with zero attached hydrogens (tertiary/aromatic N) is 2. The van der Waals surface area contributed by atoms with Gasteiger partial charge in [-0.3, -0.25) is 0 Å². The molecule has 0 N–H and O–H groups in total. The monoisotopic (exact) mass is 728 g/mol. The number of aromatic nitrogens is 2. The third-order valence-electron chi connectivity index (χ3n) is 11.8. The topological polar surface area (TPSA) is 38.9 Å². The molecule has 1 unspecified atom stereocenters. The van der Waals surface area contributed by atoms with Crippen LogP contribution in [-0.2, 0) is 5.41 Å². The average Bonchev–Trinajstić information content (AvgIpc) is 3.79. The van der Waals surface area contributed by atoms with E-state index in [9.17, 15) is 0 Å². The molecule has 1 aliphatic rings. The molecule has 2 aromatic heterocycles. The Bertz CT molecular complexity index is 3140. The number of para-hydroxylation sites is 1. The van der Waals surface area contributed by atoms with Gasteiger partial charge in [-0.15, -0.1) is 0 Å². The SMILES string of the molecule is CC1(c2ccccc2)c2ccccc2-c2ccc(-c3cccc(-c4cc(-c5cccc(-c6ccc7oc8ccccc8c7c6)c5)nc(-c5ccccc5)n4)c3)cc21. The van der Waals surface area contributed by atoms with Gasteiger partial charge in [0.25, 0.3) is 0 Å². The van der Waals surface area contributed by atoms with Gasteiger partial charge in [-0.25, -0.2) is 9.97 Å². The average molecular weight is 729 g/mol. The van der Waals surface area contributed by atoms with Crippen molar-refractivity contribution < 1.29 is 4.42 Å². The van der Waals surface area contributed by atoms with Gasteiger partial charge in [0.05, 0.1) is 11.4 Å². The normalized spacial score (nSPS) is 14.5. The van der Waals surface area contributed by atoms with E-state index in [4.69, 9.17) is 14.4 Å². The summed E-state index contributed by atoms with van der Waals surface area (Å²) in [5.74, 6) is 0.694. The molecule has 0 saturated carbocycles. The van der Waals surface area contributed by atoms with Crippen molar-refractivity contribution in [3.8, 4) is 67.3 Å². The summed E-state index contributed by atoms with van der Waals surface area (Å²) in [7, 11) is 0. The van der Waals surface area contributed by atoms with Crippen LogP contribution in [0, 0.1) is 0 Å². The minimum atomic E-state index is -0.264. The third-order valence-corrected chi connectivity index (χ3v) is 11.8. The Morgan fingerprint density at radius 2 is 0.912 bits per heavy atom. The lowest BCUT2D eigenvalue weighted by Crippen LogP contribution is -2.22. The molecule has 2 heterocycles. The molecule has 10 aromatic rings. The standard InChI is InChI=1S/C54H36N2O/c1-54(42-20-6-3-7-21-42)47-24-10-8-22-43(47)44-28-26-39(33-48(44)54)37-17-13-19-41(31-37)50-34-49(55-53(56-50)35-14-4-2-5-15-35)40-18-12-16-36(30-40)38-27-29-52-46(32-38)45-23-9-11-25-51(45)57-52/h2-34H,1H3. The Hall–Kier alpha value is -7.36. The van der Waals surface area contributed by atoms with Crippen LogP contribution >= 0.6 is 0 Å². The van der Waals surface area contributed by atoms with Crippen LogP contribution < -0.4 is 0 Å². The quantitative estimate of drug-likeness (QED) is 0.171. The van der Waals surface area contributed by atoms with E-state index in [0.29, 0.717) is 5.82 Å². The molecule has 0 radical (unpaired) electrons. The van der Waals surface area contributed by atoms with E-state index in [1.165, 1.54) is 33.4 Å². The third kappa shape index (κ3) is 5.50. The molecule has 0 aliphatic heterocycles. The maximum Gasteiger partial charge on any atom is 0.160 e. The Labute approximate surface area is 331 Å². The van der Waals surface area contributed by atoms with E-state index in [2.05, 4.69) is 177 Å². The van der Waals surface area contributed by atoms with Gasteiger partial charge in [0.1, 0.15) is 11.2 Å². The molecule has 8 aromatic carbocycles. The Morgan fingerprint density at radius 1 is 0.368 bits per heavy atom. The summed E-state index contributed by atoms with van der Waals surface area (Å²) in [5, 5.41) is 2.23. The first kappa shape index (κ1) is 33.0. The second-order valence-corrected chi connectivity index (χ2v) is 15.1. The van der Waals surface area contributed by atoms with Crippen LogP contribution in [0.2, 0.25) is 0 Å². The smallest absolute Gasteiger partial charge is 0.160 e. The molecule has 0 saturated heterocycles. The molecule has 1 atom stereocenters. The number of hydrogen-bond acceptors (Lipinski definition) is 3. The van der Waals surface area contributed by atoms with Gasteiger partial charge in [-0.05, 0) is 99.5 Å².